The summed E-state index contributed by atoms with van der Waals surface area (Å²) >= 11 is 0. The van der Waals surface area contributed by atoms with Gasteiger partial charge in [0.05, 0.1) is 0 Å². The SMILES string of the molecule is NC(=O)c1cc(N)n(-c2ccc(F)cc2F)n1. The third-order valence-electron chi connectivity index (χ3n) is 2.13. The fourth-order valence-electron chi connectivity index (χ4n) is 1.36. The Morgan fingerprint density at radius 1 is 1.29 bits per heavy atom. The molecule has 2 aromatic rings. The molecule has 0 aliphatic carbocycles. The first-order chi connectivity index (χ1) is 7.99. The molecule has 1 aromatic heterocycles. The highest BCUT2D eigenvalue weighted by Crippen LogP contribution is 2.18. The van der Waals surface area contributed by atoms with E-state index in [1.165, 1.54) is 12.1 Å². The van der Waals surface area contributed by atoms with Crippen molar-refractivity contribution < 1.29 is 13.6 Å². The molecule has 0 atom stereocenters. The molecule has 2 rings (SSSR count). The average Bonchev–Trinajstić information content (AvgIpc) is 2.61. The van der Waals surface area contributed by atoms with E-state index in [1.54, 1.807) is 0 Å². The summed E-state index contributed by atoms with van der Waals surface area (Å²) in [5.74, 6) is -2.30. The lowest BCUT2D eigenvalue weighted by molar-refractivity contribution is 0.0995. The van der Waals surface area contributed by atoms with Gasteiger partial charge in [-0.3, -0.25) is 4.79 Å². The monoisotopic (exact) mass is 238 g/mol. The van der Waals surface area contributed by atoms with E-state index >= 15 is 0 Å². The average molecular weight is 238 g/mol. The van der Waals surface area contributed by atoms with Gasteiger partial charge in [0.1, 0.15) is 17.3 Å². The lowest BCUT2D eigenvalue weighted by Gasteiger charge is -2.04. The summed E-state index contributed by atoms with van der Waals surface area (Å²) in [5.41, 5.74) is 10.4. The molecule has 0 spiro atoms. The molecule has 0 aliphatic heterocycles. The molecule has 4 N–H and O–H groups in total. The molecule has 1 amide bonds. The zero-order valence-corrected chi connectivity index (χ0v) is 8.52. The predicted molar refractivity (Wildman–Crippen MR) is 56.4 cm³/mol. The van der Waals surface area contributed by atoms with Gasteiger partial charge in [0.15, 0.2) is 11.5 Å². The van der Waals surface area contributed by atoms with Crippen molar-refractivity contribution in [1.82, 2.24) is 9.78 Å². The van der Waals surface area contributed by atoms with Crippen molar-refractivity contribution in [2.24, 2.45) is 5.73 Å². The molecule has 17 heavy (non-hydrogen) atoms. The molecule has 0 saturated heterocycles. The van der Waals surface area contributed by atoms with E-state index in [0.717, 1.165) is 10.7 Å². The Balaban J connectivity index is 2.56. The molecule has 1 aromatic carbocycles. The summed E-state index contributed by atoms with van der Waals surface area (Å²) in [4.78, 5) is 10.9. The van der Waals surface area contributed by atoms with E-state index < -0.39 is 17.5 Å². The number of anilines is 1. The van der Waals surface area contributed by atoms with Crippen LogP contribution in [-0.2, 0) is 0 Å². The molecule has 0 bridgehead atoms. The molecule has 1 heterocycles. The van der Waals surface area contributed by atoms with Gasteiger partial charge in [0, 0.05) is 12.1 Å². The fraction of sp³-hybridized carbons (Fsp3) is 0. The largest absolute Gasteiger partial charge is 0.384 e. The van der Waals surface area contributed by atoms with Gasteiger partial charge in [-0.25, -0.2) is 13.5 Å². The number of hydrogen-bond acceptors (Lipinski definition) is 3. The van der Waals surface area contributed by atoms with Crippen LogP contribution in [0.2, 0.25) is 0 Å². The van der Waals surface area contributed by atoms with Crippen LogP contribution in [0, 0.1) is 11.6 Å². The van der Waals surface area contributed by atoms with E-state index in [2.05, 4.69) is 5.10 Å². The highest BCUT2D eigenvalue weighted by atomic mass is 19.1. The standard InChI is InChI=1S/C10H8F2N4O/c11-5-1-2-8(6(12)3-5)16-9(13)4-7(15-16)10(14)17/h1-4H,13H2,(H2,14,17). The van der Waals surface area contributed by atoms with E-state index in [-0.39, 0.29) is 17.2 Å². The number of carbonyl (C=O) groups is 1. The second-order valence-electron chi connectivity index (χ2n) is 3.33. The number of halogens is 2. The number of nitrogens with zero attached hydrogens (tertiary/aromatic N) is 2. The molecule has 0 unspecified atom stereocenters. The van der Waals surface area contributed by atoms with E-state index in [4.69, 9.17) is 11.5 Å². The van der Waals surface area contributed by atoms with Crippen LogP contribution < -0.4 is 11.5 Å². The van der Waals surface area contributed by atoms with Crippen molar-refractivity contribution in [1.29, 1.82) is 0 Å². The summed E-state index contributed by atoms with van der Waals surface area (Å²) in [6.07, 6.45) is 0. The third kappa shape index (κ3) is 1.94. The molecular formula is C10H8F2N4O. The predicted octanol–water partition coefficient (Wildman–Crippen LogP) is 0.832. The van der Waals surface area contributed by atoms with Crippen LogP contribution >= 0.6 is 0 Å². The molecule has 7 heteroatoms. The maximum atomic E-state index is 13.5. The number of aromatic nitrogens is 2. The molecule has 0 saturated carbocycles. The summed E-state index contributed by atoms with van der Waals surface area (Å²) in [6.45, 7) is 0. The number of primary amides is 1. The van der Waals surface area contributed by atoms with Crippen molar-refractivity contribution in [2.45, 2.75) is 0 Å². The van der Waals surface area contributed by atoms with Crippen molar-refractivity contribution in [3.8, 4) is 5.69 Å². The first-order valence-electron chi connectivity index (χ1n) is 4.60. The number of amides is 1. The topological polar surface area (TPSA) is 86.9 Å². The molecule has 5 nitrogen and oxygen atoms in total. The minimum absolute atomic E-state index is 0.0318. The summed E-state index contributed by atoms with van der Waals surface area (Å²) < 4.78 is 27.2. The van der Waals surface area contributed by atoms with Crippen LogP contribution in [-0.4, -0.2) is 15.7 Å². The van der Waals surface area contributed by atoms with Crippen molar-refractivity contribution in [3.63, 3.8) is 0 Å². The zero-order chi connectivity index (χ0) is 12.6. The highest BCUT2D eigenvalue weighted by molar-refractivity contribution is 5.91. The summed E-state index contributed by atoms with van der Waals surface area (Å²) in [7, 11) is 0. The molecule has 88 valence electrons. The number of nitrogens with two attached hydrogens (primary N) is 2. The van der Waals surface area contributed by atoms with E-state index in [0.29, 0.717) is 6.07 Å². The van der Waals surface area contributed by atoms with Crippen molar-refractivity contribution >= 4 is 11.7 Å². The third-order valence-corrected chi connectivity index (χ3v) is 2.13. The Kier molecular flexibility index (Phi) is 2.51. The van der Waals surface area contributed by atoms with Gasteiger partial charge in [-0.15, -0.1) is 0 Å². The smallest absolute Gasteiger partial charge is 0.269 e. The minimum Gasteiger partial charge on any atom is -0.384 e. The van der Waals surface area contributed by atoms with Crippen LogP contribution in [0.4, 0.5) is 14.6 Å². The lowest BCUT2D eigenvalue weighted by Crippen LogP contribution is -2.12. The van der Waals surface area contributed by atoms with Crippen molar-refractivity contribution in [2.75, 3.05) is 5.73 Å². The van der Waals surface area contributed by atoms with Crippen LogP contribution in [0.3, 0.4) is 0 Å². The number of carbonyl (C=O) groups excluding carboxylic acids is 1. The quantitative estimate of drug-likeness (QED) is 0.812. The van der Waals surface area contributed by atoms with Crippen LogP contribution in [0.5, 0.6) is 0 Å². The second kappa shape index (κ2) is 3.85. The van der Waals surface area contributed by atoms with Crippen LogP contribution in [0.25, 0.3) is 5.69 Å². The first kappa shape index (κ1) is 11.1. The maximum Gasteiger partial charge on any atom is 0.269 e. The van der Waals surface area contributed by atoms with Crippen LogP contribution in [0.1, 0.15) is 10.5 Å². The van der Waals surface area contributed by atoms with Crippen LogP contribution in [0.15, 0.2) is 24.3 Å². The Morgan fingerprint density at radius 3 is 2.53 bits per heavy atom. The molecule has 0 radical (unpaired) electrons. The van der Waals surface area contributed by atoms with Gasteiger partial charge in [-0.1, -0.05) is 0 Å². The number of nitrogen functional groups attached to an aromatic ring is 1. The Bertz CT molecular complexity index is 594. The van der Waals surface area contributed by atoms with Gasteiger partial charge in [-0.2, -0.15) is 5.10 Å². The number of hydrogen-bond donors (Lipinski definition) is 2. The Morgan fingerprint density at radius 2 is 2.00 bits per heavy atom. The number of benzene rings is 1. The summed E-state index contributed by atoms with van der Waals surface area (Å²) in [5, 5.41) is 3.72. The lowest BCUT2D eigenvalue weighted by atomic mass is 10.3. The van der Waals surface area contributed by atoms with E-state index in [1.807, 2.05) is 0 Å². The van der Waals surface area contributed by atoms with Crippen molar-refractivity contribution in [3.05, 3.63) is 41.6 Å². The van der Waals surface area contributed by atoms with Gasteiger partial charge in [-0.05, 0) is 12.1 Å². The summed E-state index contributed by atoms with van der Waals surface area (Å²) in [6, 6.07) is 4.13. The molecule has 0 aliphatic rings. The Hall–Kier alpha value is -2.44. The minimum atomic E-state index is -0.837. The molecular weight excluding hydrogens is 230 g/mol. The maximum absolute atomic E-state index is 13.5. The van der Waals surface area contributed by atoms with Gasteiger partial charge >= 0.3 is 0 Å². The molecule has 0 fully saturated rings. The van der Waals surface area contributed by atoms with Gasteiger partial charge in [0.25, 0.3) is 5.91 Å². The second-order valence-corrected chi connectivity index (χ2v) is 3.33. The fourth-order valence-corrected chi connectivity index (χ4v) is 1.36. The van der Waals surface area contributed by atoms with E-state index in [9.17, 15) is 13.6 Å². The first-order valence-corrected chi connectivity index (χ1v) is 4.60. The van der Waals surface area contributed by atoms with Gasteiger partial charge in [0.2, 0.25) is 0 Å². The van der Waals surface area contributed by atoms with Gasteiger partial charge < -0.3 is 11.5 Å². The Labute approximate surface area is 94.6 Å². The zero-order valence-electron chi connectivity index (χ0n) is 8.52. The number of rotatable bonds is 2. The normalized spacial score (nSPS) is 10.5. The highest BCUT2D eigenvalue weighted by Gasteiger charge is 2.14.